The van der Waals surface area contributed by atoms with Crippen LogP contribution in [-0.2, 0) is 12.5 Å². The second-order valence-corrected chi connectivity index (χ2v) is 9.32. The van der Waals surface area contributed by atoms with Crippen molar-refractivity contribution in [2.75, 3.05) is 25.5 Å². The van der Waals surface area contributed by atoms with Crippen molar-refractivity contribution in [3.63, 3.8) is 0 Å². The van der Waals surface area contributed by atoms with Crippen LogP contribution in [0.4, 0.5) is 20.4 Å². The molecule has 2 N–H and O–H groups in total. The number of ether oxygens (including phenoxy) is 1. The molecule has 4 aromatic rings. The standard InChI is InChI=1S/C28H28F2N4O3/c1-28(29,30)23-6-4-3-5-19(23)16-34-25-12-7-18(26(36)33-14-13-21(35)17-33)15-24(25)32-27(34)31-20-8-10-22(37-2)11-9-20/h3-12,15,21,35H,13-14,16-17H2,1-2H3,(H,31,32)/t21-/m1/s1. The van der Waals surface area contributed by atoms with Crippen LogP contribution in [0.2, 0.25) is 0 Å². The second-order valence-electron chi connectivity index (χ2n) is 9.32. The van der Waals surface area contributed by atoms with E-state index in [4.69, 9.17) is 9.72 Å². The van der Waals surface area contributed by atoms with E-state index in [0.717, 1.165) is 12.6 Å². The quantitative estimate of drug-likeness (QED) is 0.362. The summed E-state index contributed by atoms with van der Waals surface area (Å²) in [7, 11) is 1.59. The Morgan fingerprint density at radius 1 is 1.16 bits per heavy atom. The highest BCUT2D eigenvalue weighted by Crippen LogP contribution is 2.32. The number of hydrogen-bond acceptors (Lipinski definition) is 5. The van der Waals surface area contributed by atoms with Crippen LogP contribution in [-0.4, -0.2) is 51.8 Å². The highest BCUT2D eigenvalue weighted by molar-refractivity contribution is 5.98. The van der Waals surface area contributed by atoms with E-state index in [1.54, 1.807) is 48.4 Å². The zero-order chi connectivity index (χ0) is 26.2. The molecule has 0 aliphatic carbocycles. The van der Waals surface area contributed by atoms with Crippen molar-refractivity contribution in [3.8, 4) is 5.75 Å². The predicted molar refractivity (Wildman–Crippen MR) is 138 cm³/mol. The molecule has 1 aromatic heterocycles. The Labute approximate surface area is 213 Å². The number of amides is 1. The summed E-state index contributed by atoms with van der Waals surface area (Å²) in [5.41, 5.74) is 2.88. The second kappa shape index (κ2) is 9.82. The number of aromatic nitrogens is 2. The number of aliphatic hydroxyl groups is 1. The van der Waals surface area contributed by atoms with Crippen molar-refractivity contribution >= 4 is 28.6 Å². The monoisotopic (exact) mass is 506 g/mol. The van der Waals surface area contributed by atoms with E-state index in [2.05, 4.69) is 5.32 Å². The van der Waals surface area contributed by atoms with Crippen molar-refractivity contribution < 1.29 is 23.4 Å². The topological polar surface area (TPSA) is 79.6 Å². The number of nitrogens with one attached hydrogen (secondary N) is 1. The fourth-order valence-electron chi connectivity index (χ4n) is 4.69. The van der Waals surface area contributed by atoms with Gasteiger partial charge in [-0.15, -0.1) is 0 Å². The normalized spacial score (nSPS) is 15.8. The van der Waals surface area contributed by atoms with E-state index < -0.39 is 12.0 Å². The molecule has 192 valence electrons. The first-order chi connectivity index (χ1) is 17.7. The number of aliphatic hydroxyl groups excluding tert-OH is 1. The number of methoxy groups -OCH3 is 1. The Kier molecular flexibility index (Phi) is 6.55. The van der Waals surface area contributed by atoms with E-state index in [9.17, 15) is 18.7 Å². The van der Waals surface area contributed by atoms with E-state index in [-0.39, 0.29) is 18.0 Å². The van der Waals surface area contributed by atoms with Gasteiger partial charge in [0.15, 0.2) is 0 Å². The van der Waals surface area contributed by atoms with Gasteiger partial charge in [0, 0.05) is 36.8 Å². The summed E-state index contributed by atoms with van der Waals surface area (Å²) in [6.45, 7) is 1.85. The van der Waals surface area contributed by atoms with Gasteiger partial charge in [0.25, 0.3) is 11.8 Å². The number of alkyl halides is 2. The predicted octanol–water partition coefficient (Wildman–Crippen LogP) is 5.16. The first kappa shape index (κ1) is 24.7. The molecule has 0 saturated carbocycles. The summed E-state index contributed by atoms with van der Waals surface area (Å²) in [6.07, 6.45) is 0.0453. The number of carbonyl (C=O) groups is 1. The van der Waals surface area contributed by atoms with Gasteiger partial charge in [-0.25, -0.2) is 13.8 Å². The van der Waals surface area contributed by atoms with Crippen molar-refractivity contribution in [2.24, 2.45) is 0 Å². The molecule has 0 bridgehead atoms. The molecule has 1 saturated heterocycles. The van der Waals surface area contributed by atoms with Crippen molar-refractivity contribution in [1.82, 2.24) is 14.5 Å². The maximum Gasteiger partial charge on any atom is 0.270 e. The number of halogens is 2. The molecule has 0 spiro atoms. The number of hydrogen-bond donors (Lipinski definition) is 2. The molecule has 9 heteroatoms. The maximum absolute atomic E-state index is 14.4. The zero-order valence-electron chi connectivity index (χ0n) is 20.6. The lowest BCUT2D eigenvalue weighted by molar-refractivity contribution is 0.0165. The van der Waals surface area contributed by atoms with Crippen LogP contribution in [0.25, 0.3) is 11.0 Å². The third-order valence-electron chi connectivity index (χ3n) is 6.61. The van der Waals surface area contributed by atoms with Crippen LogP contribution in [0.1, 0.15) is 34.8 Å². The SMILES string of the molecule is COc1ccc(Nc2nc3cc(C(=O)N4CC[C@@H](O)C4)ccc3n2Cc2ccccc2C(C)(F)F)cc1. The van der Waals surface area contributed by atoms with Gasteiger partial charge in [0.2, 0.25) is 5.95 Å². The fraction of sp³-hybridized carbons (Fsp3) is 0.286. The third kappa shape index (κ3) is 5.13. The molecule has 1 aliphatic heterocycles. The Balaban J connectivity index is 1.56. The van der Waals surface area contributed by atoms with Gasteiger partial charge >= 0.3 is 0 Å². The lowest BCUT2D eigenvalue weighted by Crippen LogP contribution is -2.29. The number of anilines is 2. The Bertz CT molecular complexity index is 1430. The molecule has 37 heavy (non-hydrogen) atoms. The fourth-order valence-corrected chi connectivity index (χ4v) is 4.69. The van der Waals surface area contributed by atoms with Gasteiger partial charge < -0.3 is 24.6 Å². The van der Waals surface area contributed by atoms with Crippen molar-refractivity contribution in [1.29, 1.82) is 0 Å². The highest BCUT2D eigenvalue weighted by Gasteiger charge is 2.28. The number of nitrogens with zero attached hydrogens (tertiary/aromatic N) is 3. The number of likely N-dealkylation sites (tertiary alicyclic amines) is 1. The van der Waals surface area contributed by atoms with E-state index in [0.29, 0.717) is 53.4 Å². The molecule has 3 aromatic carbocycles. The van der Waals surface area contributed by atoms with Crippen LogP contribution in [0.15, 0.2) is 66.7 Å². The van der Waals surface area contributed by atoms with Gasteiger partial charge in [-0.3, -0.25) is 4.79 Å². The van der Waals surface area contributed by atoms with Crippen LogP contribution in [0, 0.1) is 0 Å². The smallest absolute Gasteiger partial charge is 0.270 e. The van der Waals surface area contributed by atoms with E-state index >= 15 is 0 Å². The summed E-state index contributed by atoms with van der Waals surface area (Å²) in [4.78, 5) is 19.4. The summed E-state index contributed by atoms with van der Waals surface area (Å²) < 4.78 is 35.8. The molecule has 1 fully saturated rings. The molecular formula is C28H28F2N4O3. The average Bonchev–Trinajstić information content (AvgIpc) is 3.46. The lowest BCUT2D eigenvalue weighted by Gasteiger charge is -2.18. The summed E-state index contributed by atoms with van der Waals surface area (Å²) in [5, 5.41) is 13.1. The molecule has 2 heterocycles. The minimum Gasteiger partial charge on any atom is -0.497 e. The van der Waals surface area contributed by atoms with Gasteiger partial charge in [-0.2, -0.15) is 0 Å². The summed E-state index contributed by atoms with van der Waals surface area (Å²) in [5.74, 6) is -2.02. The van der Waals surface area contributed by atoms with Crippen LogP contribution < -0.4 is 10.1 Å². The third-order valence-corrected chi connectivity index (χ3v) is 6.61. The van der Waals surface area contributed by atoms with Crippen LogP contribution in [0.3, 0.4) is 0 Å². The molecule has 5 rings (SSSR count). The lowest BCUT2D eigenvalue weighted by atomic mass is 10.0. The first-order valence-electron chi connectivity index (χ1n) is 12.1. The largest absolute Gasteiger partial charge is 0.497 e. The van der Waals surface area contributed by atoms with Crippen molar-refractivity contribution in [3.05, 3.63) is 83.4 Å². The van der Waals surface area contributed by atoms with Crippen LogP contribution >= 0.6 is 0 Å². The molecule has 1 aliphatic rings. The maximum atomic E-state index is 14.4. The molecule has 1 amide bonds. The summed E-state index contributed by atoms with van der Waals surface area (Å²) in [6, 6.07) is 19.0. The van der Waals surface area contributed by atoms with E-state index in [1.807, 2.05) is 28.8 Å². The van der Waals surface area contributed by atoms with Gasteiger partial charge in [-0.05, 0) is 54.4 Å². The highest BCUT2D eigenvalue weighted by atomic mass is 19.3. The number of fused-ring (bicyclic) bond motifs is 1. The number of carbonyl (C=O) groups excluding carboxylic acids is 1. The Morgan fingerprint density at radius 3 is 2.59 bits per heavy atom. The van der Waals surface area contributed by atoms with E-state index in [1.165, 1.54) is 6.07 Å². The first-order valence-corrected chi connectivity index (χ1v) is 12.1. The van der Waals surface area contributed by atoms with Gasteiger partial charge in [0.05, 0.1) is 30.8 Å². The number of β-amino-alcohol motifs (C(OH)–C–C–N with tert-alkyl or cyclic N) is 1. The average molecular weight is 507 g/mol. The number of rotatable bonds is 7. The Morgan fingerprint density at radius 2 is 1.92 bits per heavy atom. The molecular weight excluding hydrogens is 478 g/mol. The zero-order valence-corrected chi connectivity index (χ0v) is 20.6. The number of benzene rings is 3. The Hall–Kier alpha value is -3.98. The molecule has 0 unspecified atom stereocenters. The minimum atomic E-state index is -3.00. The summed E-state index contributed by atoms with van der Waals surface area (Å²) >= 11 is 0. The molecule has 1 atom stereocenters. The van der Waals surface area contributed by atoms with Crippen LogP contribution in [0.5, 0.6) is 5.75 Å². The van der Waals surface area contributed by atoms with Gasteiger partial charge in [-0.1, -0.05) is 24.3 Å². The number of imidazole rings is 1. The molecule has 0 radical (unpaired) electrons. The minimum absolute atomic E-state index is 0.0494. The van der Waals surface area contributed by atoms with Crippen molar-refractivity contribution in [2.45, 2.75) is 31.9 Å². The molecule has 7 nitrogen and oxygen atoms in total. The van der Waals surface area contributed by atoms with Gasteiger partial charge in [0.1, 0.15) is 5.75 Å².